The number of rotatable bonds is 9. The van der Waals surface area contributed by atoms with Gasteiger partial charge in [0, 0.05) is 6.54 Å². The number of alkyl carbamates (subject to hydrolysis) is 1. The average Bonchev–Trinajstić information content (AvgIpc) is 2.57. The molecule has 168 valence electrons. The minimum Gasteiger partial charge on any atom is -0.444 e. The fourth-order valence-electron chi connectivity index (χ4n) is 2.53. The van der Waals surface area contributed by atoms with Crippen molar-refractivity contribution in [2.24, 2.45) is 0 Å². The molecule has 0 radical (unpaired) electrons. The van der Waals surface area contributed by atoms with Crippen molar-refractivity contribution in [2.45, 2.75) is 78.6 Å². The Labute approximate surface area is 180 Å². The van der Waals surface area contributed by atoms with Crippen LogP contribution in [0.1, 0.15) is 54.0 Å². The van der Waals surface area contributed by atoms with Crippen molar-refractivity contribution >= 4 is 24.4 Å². The van der Waals surface area contributed by atoms with Crippen LogP contribution in [0.25, 0.3) is 0 Å². The molecule has 0 spiro atoms. The van der Waals surface area contributed by atoms with Crippen molar-refractivity contribution in [3.63, 3.8) is 0 Å². The molecule has 0 unspecified atom stereocenters. The molecule has 0 atom stereocenters. The molecule has 2 N–H and O–H groups in total. The molecule has 0 heterocycles. The third kappa shape index (κ3) is 9.16. The van der Waals surface area contributed by atoms with Gasteiger partial charge in [0.25, 0.3) is 0 Å². The SMILES string of the molecule is CB(OC(C)(C)C(C)(C)F)c1cccc(CCNC(=O)CNC(=O)OC(C)(C)C)c1. The van der Waals surface area contributed by atoms with Crippen molar-refractivity contribution in [1.82, 2.24) is 10.6 Å². The Morgan fingerprint density at radius 3 is 2.27 bits per heavy atom. The van der Waals surface area contributed by atoms with E-state index in [0.29, 0.717) is 13.0 Å². The molecule has 2 amide bonds. The molecule has 0 aromatic heterocycles. The number of amides is 2. The number of carbonyl (C=O) groups excluding carboxylic acids is 2. The van der Waals surface area contributed by atoms with Crippen molar-refractivity contribution in [2.75, 3.05) is 13.1 Å². The van der Waals surface area contributed by atoms with E-state index in [1.54, 1.807) is 34.6 Å². The number of halogens is 1. The molecule has 1 aromatic rings. The van der Waals surface area contributed by atoms with Gasteiger partial charge in [0.15, 0.2) is 0 Å². The maximum absolute atomic E-state index is 14.4. The maximum atomic E-state index is 14.4. The molecular weight excluding hydrogens is 386 g/mol. The lowest BCUT2D eigenvalue weighted by molar-refractivity contribution is -0.120. The van der Waals surface area contributed by atoms with Crippen LogP contribution in [0.5, 0.6) is 0 Å². The van der Waals surface area contributed by atoms with Gasteiger partial charge in [0.2, 0.25) is 5.91 Å². The Hall–Kier alpha value is -2.09. The highest BCUT2D eigenvalue weighted by Crippen LogP contribution is 2.29. The summed E-state index contributed by atoms with van der Waals surface area (Å²) in [6.07, 6.45) is -0.00442. The average molecular weight is 422 g/mol. The lowest BCUT2D eigenvalue weighted by atomic mass is 9.62. The van der Waals surface area contributed by atoms with Crippen LogP contribution in [0.15, 0.2) is 24.3 Å². The monoisotopic (exact) mass is 422 g/mol. The van der Waals surface area contributed by atoms with Crippen molar-refractivity contribution in [3.05, 3.63) is 29.8 Å². The minimum atomic E-state index is -1.48. The smallest absolute Gasteiger partial charge is 0.408 e. The van der Waals surface area contributed by atoms with Crippen LogP contribution in [-0.2, 0) is 20.6 Å². The second-order valence-corrected chi connectivity index (χ2v) is 9.44. The third-order valence-electron chi connectivity index (χ3n) is 4.85. The molecule has 1 aromatic carbocycles. The summed E-state index contributed by atoms with van der Waals surface area (Å²) in [7, 11) is 0. The summed E-state index contributed by atoms with van der Waals surface area (Å²) in [5.74, 6) is -0.291. The number of ether oxygens (including phenoxy) is 1. The van der Waals surface area contributed by atoms with Gasteiger partial charge in [-0.15, -0.1) is 0 Å². The normalized spacial score (nSPS) is 12.3. The van der Waals surface area contributed by atoms with Crippen LogP contribution in [0.3, 0.4) is 0 Å². The molecule has 0 bridgehead atoms. The first-order valence-electron chi connectivity index (χ1n) is 10.3. The molecular formula is C22H36BFN2O4. The first-order valence-corrected chi connectivity index (χ1v) is 10.3. The van der Waals surface area contributed by atoms with E-state index >= 15 is 0 Å². The Kier molecular flexibility index (Phi) is 8.90. The lowest BCUT2D eigenvalue weighted by Gasteiger charge is -2.37. The molecule has 0 aliphatic rings. The summed E-state index contributed by atoms with van der Waals surface area (Å²) in [5.41, 5.74) is -1.04. The topological polar surface area (TPSA) is 76.7 Å². The highest BCUT2D eigenvalue weighted by atomic mass is 19.1. The van der Waals surface area contributed by atoms with E-state index in [2.05, 4.69) is 10.6 Å². The van der Waals surface area contributed by atoms with Gasteiger partial charge in [-0.1, -0.05) is 31.1 Å². The first-order chi connectivity index (χ1) is 13.6. The van der Waals surface area contributed by atoms with Gasteiger partial charge in [-0.2, -0.15) is 0 Å². The van der Waals surface area contributed by atoms with Crippen LogP contribution in [0.4, 0.5) is 9.18 Å². The van der Waals surface area contributed by atoms with Gasteiger partial charge in [-0.3, -0.25) is 4.79 Å². The number of alkyl halides is 1. The molecule has 0 aliphatic heterocycles. The van der Waals surface area contributed by atoms with Crippen LogP contribution >= 0.6 is 0 Å². The largest absolute Gasteiger partial charge is 0.444 e. The Bertz CT molecular complexity index is 727. The van der Waals surface area contributed by atoms with Crippen LogP contribution < -0.4 is 16.1 Å². The van der Waals surface area contributed by atoms with Crippen molar-refractivity contribution in [3.8, 4) is 0 Å². The molecule has 6 nitrogen and oxygen atoms in total. The van der Waals surface area contributed by atoms with Crippen molar-refractivity contribution < 1.29 is 23.4 Å². The van der Waals surface area contributed by atoms with Gasteiger partial charge in [-0.25, -0.2) is 9.18 Å². The van der Waals surface area contributed by atoms with Gasteiger partial charge < -0.3 is 20.0 Å². The maximum Gasteiger partial charge on any atom is 0.408 e. The fraction of sp³-hybridized carbons (Fsp3) is 0.636. The Balaban J connectivity index is 2.51. The summed E-state index contributed by atoms with van der Waals surface area (Å²) < 4.78 is 25.4. The molecule has 0 saturated carbocycles. The summed E-state index contributed by atoms with van der Waals surface area (Å²) >= 11 is 0. The van der Waals surface area contributed by atoms with Crippen LogP contribution in [0.2, 0.25) is 6.82 Å². The standard InChI is InChI=1S/C22H36BFN2O4/c1-20(2,3)29-19(28)26-15-18(27)25-13-12-16-10-9-11-17(14-16)23(8)30-22(6,7)21(4,5)24/h9-11,14H,12-13,15H2,1-8H3,(H,25,27)(H,26,28). The molecule has 8 heteroatoms. The zero-order valence-electron chi connectivity index (χ0n) is 19.5. The zero-order chi connectivity index (χ0) is 23.2. The Morgan fingerprint density at radius 1 is 1.07 bits per heavy atom. The molecule has 0 aliphatic carbocycles. The number of hydrogen-bond donors (Lipinski definition) is 2. The molecule has 0 fully saturated rings. The van der Waals surface area contributed by atoms with Crippen LogP contribution in [-0.4, -0.2) is 48.9 Å². The van der Waals surface area contributed by atoms with E-state index in [1.165, 1.54) is 13.8 Å². The first kappa shape index (κ1) is 26.0. The number of carbonyl (C=O) groups is 2. The van der Waals surface area contributed by atoms with Gasteiger partial charge in [0.1, 0.15) is 11.3 Å². The second kappa shape index (κ2) is 10.3. The summed E-state index contributed by atoms with van der Waals surface area (Å²) in [6.45, 7) is 13.7. The quantitative estimate of drug-likeness (QED) is 0.599. The Morgan fingerprint density at radius 2 is 1.70 bits per heavy atom. The summed E-state index contributed by atoms with van der Waals surface area (Å²) in [5, 5.41) is 5.19. The molecule has 30 heavy (non-hydrogen) atoms. The van der Waals surface area contributed by atoms with E-state index in [4.69, 9.17) is 9.39 Å². The lowest BCUT2D eigenvalue weighted by Crippen LogP contribution is -2.49. The van der Waals surface area contributed by atoms with E-state index < -0.39 is 23.0 Å². The minimum absolute atomic E-state index is 0.145. The molecule has 1 rings (SSSR count). The van der Waals surface area contributed by atoms with E-state index in [1.807, 2.05) is 31.1 Å². The predicted molar refractivity (Wildman–Crippen MR) is 119 cm³/mol. The fourth-order valence-corrected chi connectivity index (χ4v) is 2.53. The van der Waals surface area contributed by atoms with Crippen LogP contribution in [0, 0.1) is 0 Å². The van der Waals surface area contributed by atoms with Gasteiger partial charge >= 0.3 is 13.0 Å². The third-order valence-corrected chi connectivity index (χ3v) is 4.85. The predicted octanol–water partition coefficient (Wildman–Crippen LogP) is 3.24. The summed E-state index contributed by atoms with van der Waals surface area (Å²) in [6, 6.07) is 7.82. The molecule has 0 saturated heterocycles. The zero-order valence-corrected chi connectivity index (χ0v) is 19.5. The highest BCUT2D eigenvalue weighted by molar-refractivity contribution is 6.66. The van der Waals surface area contributed by atoms with E-state index in [0.717, 1.165) is 11.0 Å². The summed E-state index contributed by atoms with van der Waals surface area (Å²) in [4.78, 5) is 23.5. The van der Waals surface area contributed by atoms with Gasteiger partial charge in [-0.05, 0) is 65.9 Å². The second-order valence-electron chi connectivity index (χ2n) is 9.44. The number of hydrogen-bond acceptors (Lipinski definition) is 4. The van der Waals surface area contributed by atoms with E-state index in [-0.39, 0.29) is 19.4 Å². The van der Waals surface area contributed by atoms with E-state index in [9.17, 15) is 14.0 Å². The number of benzene rings is 1. The van der Waals surface area contributed by atoms with Crippen molar-refractivity contribution in [1.29, 1.82) is 0 Å². The number of nitrogens with one attached hydrogen (secondary N) is 2. The van der Waals surface area contributed by atoms with Gasteiger partial charge in [0.05, 0.1) is 12.1 Å². The highest BCUT2D eigenvalue weighted by Gasteiger charge is 2.40.